The van der Waals surface area contributed by atoms with Gasteiger partial charge in [0.15, 0.2) is 0 Å². The molecule has 1 atom stereocenters. The van der Waals surface area contributed by atoms with Gasteiger partial charge in [-0.25, -0.2) is 0 Å². The van der Waals surface area contributed by atoms with Crippen LogP contribution in [0.3, 0.4) is 0 Å². The molecule has 1 unspecified atom stereocenters. The lowest BCUT2D eigenvalue weighted by molar-refractivity contribution is 0.199. The van der Waals surface area contributed by atoms with Gasteiger partial charge in [0, 0.05) is 24.0 Å². The smallest absolute Gasteiger partial charge is 0.0776 e. The third kappa shape index (κ3) is 2.65. The Kier molecular flexibility index (Phi) is 3.32. The molecule has 2 aromatic rings. The number of aliphatic hydroxyl groups is 1. The molecule has 84 valence electrons. The molecule has 16 heavy (non-hydrogen) atoms. The summed E-state index contributed by atoms with van der Waals surface area (Å²) in [5.74, 6) is 0. The molecule has 0 aliphatic rings. The summed E-state index contributed by atoms with van der Waals surface area (Å²) in [6, 6.07) is 9.71. The Balaban J connectivity index is 2.11. The molecule has 0 amide bonds. The van der Waals surface area contributed by atoms with Crippen molar-refractivity contribution in [3.8, 4) is 0 Å². The summed E-state index contributed by atoms with van der Waals surface area (Å²) < 4.78 is 2.05. The highest BCUT2D eigenvalue weighted by Crippen LogP contribution is 2.14. The fraction of sp³-hybridized carbons (Fsp3) is 0.231. The van der Waals surface area contributed by atoms with Crippen LogP contribution in [0, 0.1) is 0 Å². The van der Waals surface area contributed by atoms with Crippen molar-refractivity contribution in [2.75, 3.05) is 0 Å². The van der Waals surface area contributed by atoms with Crippen LogP contribution in [0.4, 0.5) is 0 Å². The first-order chi connectivity index (χ1) is 7.65. The van der Waals surface area contributed by atoms with Crippen LogP contribution in [0.1, 0.15) is 24.2 Å². The maximum Gasteiger partial charge on any atom is 0.0776 e. The van der Waals surface area contributed by atoms with Gasteiger partial charge in [0.1, 0.15) is 0 Å². The van der Waals surface area contributed by atoms with Crippen LogP contribution in [0.2, 0.25) is 5.02 Å². The molecule has 2 rings (SSSR count). The Bertz CT molecular complexity index is 459. The molecule has 1 aromatic heterocycles. The zero-order valence-corrected chi connectivity index (χ0v) is 9.85. The molecule has 0 spiro atoms. The molecule has 1 heterocycles. The van der Waals surface area contributed by atoms with E-state index in [1.54, 1.807) is 6.92 Å². The average Bonchev–Trinajstić information content (AvgIpc) is 2.70. The van der Waals surface area contributed by atoms with Crippen molar-refractivity contribution in [1.82, 2.24) is 4.57 Å². The van der Waals surface area contributed by atoms with E-state index in [0.717, 1.165) is 17.1 Å². The third-order valence-electron chi connectivity index (χ3n) is 2.53. The highest BCUT2D eigenvalue weighted by Gasteiger charge is 2.02. The second-order valence-electron chi connectivity index (χ2n) is 3.92. The van der Waals surface area contributed by atoms with Crippen LogP contribution >= 0.6 is 11.6 Å². The zero-order valence-electron chi connectivity index (χ0n) is 9.10. The maximum absolute atomic E-state index is 9.41. The Labute approximate surface area is 100 Å². The van der Waals surface area contributed by atoms with E-state index >= 15 is 0 Å². The Morgan fingerprint density at radius 3 is 2.50 bits per heavy atom. The van der Waals surface area contributed by atoms with E-state index in [9.17, 15) is 5.11 Å². The Morgan fingerprint density at radius 2 is 1.94 bits per heavy atom. The standard InChI is InChI=1S/C13H14ClNO/c1-10(16)12-6-7-15(9-12)8-11-2-4-13(14)5-3-11/h2-7,9-10,16H,8H2,1H3. The number of aliphatic hydroxyl groups excluding tert-OH is 1. The van der Waals surface area contributed by atoms with Crippen molar-refractivity contribution in [2.45, 2.75) is 19.6 Å². The average molecular weight is 236 g/mol. The van der Waals surface area contributed by atoms with Crippen molar-refractivity contribution in [1.29, 1.82) is 0 Å². The number of benzene rings is 1. The van der Waals surface area contributed by atoms with Crippen molar-refractivity contribution in [2.24, 2.45) is 0 Å². The lowest BCUT2D eigenvalue weighted by Gasteiger charge is -2.03. The Hall–Kier alpha value is -1.25. The SMILES string of the molecule is CC(O)c1ccn(Cc2ccc(Cl)cc2)c1. The number of hydrogen-bond donors (Lipinski definition) is 1. The van der Waals surface area contributed by atoms with Crippen molar-refractivity contribution >= 4 is 11.6 Å². The Morgan fingerprint density at radius 1 is 1.25 bits per heavy atom. The summed E-state index contributed by atoms with van der Waals surface area (Å²) in [4.78, 5) is 0. The van der Waals surface area contributed by atoms with Crippen LogP contribution < -0.4 is 0 Å². The second kappa shape index (κ2) is 4.73. The van der Waals surface area contributed by atoms with Gasteiger partial charge in [-0.15, -0.1) is 0 Å². The lowest BCUT2D eigenvalue weighted by Crippen LogP contribution is -1.96. The fourth-order valence-corrected chi connectivity index (χ4v) is 1.73. The molecule has 0 saturated carbocycles. The van der Waals surface area contributed by atoms with Gasteiger partial charge in [-0.2, -0.15) is 0 Å². The summed E-state index contributed by atoms with van der Waals surface area (Å²) in [6.07, 6.45) is 3.52. The largest absolute Gasteiger partial charge is 0.389 e. The number of hydrogen-bond acceptors (Lipinski definition) is 1. The van der Waals surface area contributed by atoms with Crippen molar-refractivity contribution < 1.29 is 5.11 Å². The quantitative estimate of drug-likeness (QED) is 0.868. The molecule has 0 radical (unpaired) electrons. The molecular weight excluding hydrogens is 222 g/mol. The van der Waals surface area contributed by atoms with Crippen LogP contribution in [-0.4, -0.2) is 9.67 Å². The van der Waals surface area contributed by atoms with E-state index in [2.05, 4.69) is 0 Å². The molecule has 0 bridgehead atoms. The predicted molar refractivity (Wildman–Crippen MR) is 65.6 cm³/mol. The van der Waals surface area contributed by atoms with E-state index in [1.807, 2.05) is 47.3 Å². The number of halogens is 1. The summed E-state index contributed by atoms with van der Waals surface area (Å²) >= 11 is 5.82. The van der Waals surface area contributed by atoms with E-state index in [4.69, 9.17) is 11.6 Å². The van der Waals surface area contributed by atoms with Gasteiger partial charge in [-0.05, 0) is 36.2 Å². The lowest BCUT2D eigenvalue weighted by atomic mass is 10.2. The monoisotopic (exact) mass is 235 g/mol. The van der Waals surface area contributed by atoms with E-state index in [0.29, 0.717) is 0 Å². The third-order valence-corrected chi connectivity index (χ3v) is 2.79. The molecule has 0 aliphatic heterocycles. The molecule has 1 N–H and O–H groups in total. The molecule has 2 nitrogen and oxygen atoms in total. The fourth-order valence-electron chi connectivity index (χ4n) is 1.61. The number of nitrogens with zero attached hydrogens (tertiary/aromatic N) is 1. The zero-order chi connectivity index (χ0) is 11.5. The van der Waals surface area contributed by atoms with Gasteiger partial charge >= 0.3 is 0 Å². The summed E-state index contributed by atoms with van der Waals surface area (Å²) in [6.45, 7) is 2.56. The number of rotatable bonds is 3. The van der Waals surface area contributed by atoms with E-state index in [-0.39, 0.29) is 0 Å². The highest BCUT2D eigenvalue weighted by molar-refractivity contribution is 6.30. The first kappa shape index (κ1) is 11.2. The van der Waals surface area contributed by atoms with E-state index in [1.165, 1.54) is 5.56 Å². The summed E-state index contributed by atoms with van der Waals surface area (Å²) in [5, 5.41) is 10.2. The van der Waals surface area contributed by atoms with Gasteiger partial charge in [0.25, 0.3) is 0 Å². The minimum absolute atomic E-state index is 0.411. The van der Waals surface area contributed by atoms with Gasteiger partial charge in [0.2, 0.25) is 0 Å². The van der Waals surface area contributed by atoms with Gasteiger partial charge in [0.05, 0.1) is 6.10 Å². The topological polar surface area (TPSA) is 25.2 Å². The maximum atomic E-state index is 9.41. The molecule has 3 heteroatoms. The van der Waals surface area contributed by atoms with Gasteiger partial charge in [-0.1, -0.05) is 23.7 Å². The van der Waals surface area contributed by atoms with Crippen LogP contribution in [0.5, 0.6) is 0 Å². The van der Waals surface area contributed by atoms with Crippen LogP contribution in [-0.2, 0) is 6.54 Å². The summed E-state index contributed by atoms with van der Waals surface area (Å²) in [7, 11) is 0. The van der Waals surface area contributed by atoms with Crippen molar-refractivity contribution in [3.63, 3.8) is 0 Å². The number of aromatic nitrogens is 1. The van der Waals surface area contributed by atoms with Gasteiger partial charge < -0.3 is 9.67 Å². The van der Waals surface area contributed by atoms with Gasteiger partial charge in [-0.3, -0.25) is 0 Å². The first-order valence-corrected chi connectivity index (χ1v) is 5.61. The molecule has 0 fully saturated rings. The molecular formula is C13H14ClNO. The normalized spacial score (nSPS) is 12.7. The van der Waals surface area contributed by atoms with E-state index < -0.39 is 6.10 Å². The molecule has 1 aromatic carbocycles. The first-order valence-electron chi connectivity index (χ1n) is 5.23. The van der Waals surface area contributed by atoms with Crippen LogP contribution in [0.15, 0.2) is 42.7 Å². The van der Waals surface area contributed by atoms with Crippen LogP contribution in [0.25, 0.3) is 0 Å². The predicted octanol–water partition coefficient (Wildman–Crippen LogP) is 3.24. The minimum Gasteiger partial charge on any atom is -0.389 e. The molecule has 0 aliphatic carbocycles. The highest BCUT2D eigenvalue weighted by atomic mass is 35.5. The minimum atomic E-state index is -0.411. The summed E-state index contributed by atoms with van der Waals surface area (Å²) in [5.41, 5.74) is 2.13. The molecule has 0 saturated heterocycles. The second-order valence-corrected chi connectivity index (χ2v) is 4.36. The van der Waals surface area contributed by atoms with Crippen molar-refractivity contribution in [3.05, 3.63) is 58.9 Å².